The Hall–Kier alpha value is -10.8. The van der Waals surface area contributed by atoms with Crippen molar-refractivity contribution in [3.05, 3.63) is 335 Å². The number of nitrogens with zero attached hydrogens (tertiary/aromatic N) is 2. The second-order valence-corrected chi connectivity index (χ2v) is 27.0. The zero-order valence-corrected chi connectivity index (χ0v) is 53.7. The maximum Gasteiger partial charge on any atom is 0.0540 e. The highest BCUT2D eigenvalue weighted by molar-refractivity contribution is 6.07. The van der Waals surface area contributed by atoms with Crippen molar-refractivity contribution < 1.29 is 0 Å². The van der Waals surface area contributed by atoms with Crippen LogP contribution >= 0.6 is 0 Å². The Balaban J connectivity index is 0.641. The van der Waals surface area contributed by atoms with Crippen LogP contribution in [-0.4, -0.2) is 0 Å². The van der Waals surface area contributed by atoms with E-state index in [4.69, 9.17) is 0 Å². The Labute approximate surface area is 546 Å². The third kappa shape index (κ3) is 8.90. The van der Waals surface area contributed by atoms with Crippen LogP contribution in [0.4, 0.5) is 34.1 Å². The van der Waals surface area contributed by atoms with Crippen LogP contribution in [0.1, 0.15) is 110 Å². The van der Waals surface area contributed by atoms with Gasteiger partial charge in [-0.3, -0.25) is 0 Å². The van der Waals surface area contributed by atoms with Crippen LogP contribution in [0.15, 0.2) is 279 Å². The van der Waals surface area contributed by atoms with Gasteiger partial charge in [0.15, 0.2) is 0 Å². The van der Waals surface area contributed by atoms with Crippen LogP contribution < -0.4 is 9.80 Å². The Kier molecular flexibility index (Phi) is 13.1. The molecule has 0 bridgehead atoms. The Bertz CT molecular complexity index is 4940. The normalized spacial score (nSPS) is 14.4. The van der Waals surface area contributed by atoms with Gasteiger partial charge in [0.1, 0.15) is 0 Å². The highest BCUT2D eigenvalue weighted by Crippen LogP contribution is 2.56. The van der Waals surface area contributed by atoms with Gasteiger partial charge in [-0.1, -0.05) is 296 Å². The molecule has 0 amide bonds. The lowest BCUT2D eigenvalue weighted by Gasteiger charge is -2.30. The number of hydrogen-bond donors (Lipinski definition) is 0. The zero-order chi connectivity index (χ0) is 62.7. The fourth-order valence-corrected chi connectivity index (χ4v) is 16.5. The molecule has 17 rings (SSSR count). The van der Waals surface area contributed by atoms with E-state index in [2.05, 4.69) is 355 Å². The quantitative estimate of drug-likeness (QED) is 0.113. The van der Waals surface area contributed by atoms with E-state index in [1.165, 1.54) is 155 Å². The van der Waals surface area contributed by atoms with Crippen LogP contribution in [0.2, 0.25) is 0 Å². The van der Waals surface area contributed by atoms with Crippen molar-refractivity contribution >= 4 is 102 Å². The first-order valence-corrected chi connectivity index (χ1v) is 33.2. The number of benzene rings is 14. The van der Waals surface area contributed by atoms with E-state index < -0.39 is 0 Å². The first-order valence-electron chi connectivity index (χ1n) is 33.2. The molecule has 3 aliphatic carbocycles. The van der Waals surface area contributed by atoms with E-state index in [-0.39, 0.29) is 16.2 Å². The van der Waals surface area contributed by atoms with E-state index in [1.54, 1.807) is 0 Å². The molecular weight excluding hydrogens is 1120 g/mol. The molecule has 14 aromatic carbocycles. The highest BCUT2D eigenvalue weighted by atomic mass is 15.2. The molecular formula is C91H72N2. The van der Waals surface area contributed by atoms with Crippen molar-refractivity contribution in [2.45, 2.75) is 70.6 Å². The lowest BCUT2D eigenvalue weighted by Crippen LogP contribution is -2.23. The van der Waals surface area contributed by atoms with Crippen molar-refractivity contribution in [2.24, 2.45) is 0 Å². The summed E-state index contributed by atoms with van der Waals surface area (Å²) >= 11 is 0. The van der Waals surface area contributed by atoms with Crippen molar-refractivity contribution in [2.75, 3.05) is 9.80 Å². The summed E-state index contributed by atoms with van der Waals surface area (Å²) in [5.74, 6) is 0. The van der Waals surface area contributed by atoms with E-state index in [9.17, 15) is 0 Å². The van der Waals surface area contributed by atoms with E-state index in [0.717, 1.165) is 24.2 Å². The van der Waals surface area contributed by atoms with Crippen molar-refractivity contribution in [3.63, 3.8) is 0 Å². The van der Waals surface area contributed by atoms with Crippen LogP contribution in [0.3, 0.4) is 0 Å². The van der Waals surface area contributed by atoms with Gasteiger partial charge in [-0.25, -0.2) is 0 Å². The second-order valence-electron chi connectivity index (χ2n) is 27.0. The summed E-state index contributed by atoms with van der Waals surface area (Å²) in [7, 11) is 0. The molecule has 0 aliphatic heterocycles. The fourth-order valence-electron chi connectivity index (χ4n) is 16.5. The van der Waals surface area contributed by atoms with Gasteiger partial charge in [0.25, 0.3) is 0 Å². The Morgan fingerprint density at radius 3 is 0.806 bits per heavy atom. The van der Waals surface area contributed by atoms with Crippen LogP contribution in [0, 0.1) is 0 Å². The SMILES string of the molecule is CCC1(CC)c2cc(/C=C/c3ccc4c(c3)C(C)(C)c3cc(N(c5cccc6ccccc56)c5cccc6ccccc56)ccc3-4)ccc2-c2ccc(/C=C/c3ccc4c(c3)C(C)(C)c3cc(N(c5cccc6ccccc56)c5cccc6ccccc56)ccc3-4)cc21. The molecule has 0 spiro atoms. The lowest BCUT2D eigenvalue weighted by atomic mass is 9.73. The monoisotopic (exact) mass is 1190 g/mol. The van der Waals surface area contributed by atoms with Gasteiger partial charge in [0, 0.05) is 49.2 Å². The van der Waals surface area contributed by atoms with Gasteiger partial charge in [0.2, 0.25) is 0 Å². The molecule has 0 aromatic heterocycles. The molecule has 0 heterocycles. The molecule has 14 aromatic rings. The molecule has 0 atom stereocenters. The first kappa shape index (κ1) is 56.2. The summed E-state index contributed by atoms with van der Waals surface area (Å²) in [5, 5.41) is 9.82. The average Bonchev–Trinajstić information content (AvgIpc) is 1.61. The molecule has 0 saturated heterocycles. The molecule has 0 fully saturated rings. The molecule has 2 nitrogen and oxygen atoms in total. The van der Waals surface area contributed by atoms with Gasteiger partial charge < -0.3 is 9.80 Å². The topological polar surface area (TPSA) is 6.48 Å². The number of rotatable bonds is 12. The summed E-state index contributed by atoms with van der Waals surface area (Å²) in [4.78, 5) is 4.96. The fraction of sp³-hybridized carbons (Fsp3) is 0.121. The minimum absolute atomic E-state index is 0.0869. The largest absolute Gasteiger partial charge is 0.309 e. The van der Waals surface area contributed by atoms with Crippen LogP contribution in [0.25, 0.3) is 101 Å². The smallest absolute Gasteiger partial charge is 0.0540 e. The highest BCUT2D eigenvalue weighted by Gasteiger charge is 2.42. The standard InChI is InChI=1S/C91H72N2/c1-7-91(8-2)83-55-61(39-37-59-41-47-73-75-51-45-67(57-81(75)89(3,4)79(73)53-59)92(85-33-17-25-63-21-9-13-29-69(63)85)86-34-18-26-64-22-10-14-30-70(64)86)43-49-77(83)78-50-44-62(56-84(78)91)40-38-60-42-48-74-76-52-46-68(58-82(76)90(5,6)80(74)54-60)93(87-35-19-27-65-23-11-15-31-71(65)87)88-36-20-28-66-24-12-16-32-72(66)88/h9-58H,7-8H2,1-6H3/b39-37+,40-38+. The van der Waals surface area contributed by atoms with Crippen LogP contribution in [0.5, 0.6) is 0 Å². The molecule has 446 valence electrons. The maximum absolute atomic E-state index is 2.48. The number of hydrogen-bond acceptors (Lipinski definition) is 2. The van der Waals surface area contributed by atoms with Crippen molar-refractivity contribution in [3.8, 4) is 33.4 Å². The summed E-state index contributed by atoms with van der Waals surface area (Å²) in [6.45, 7) is 14.4. The van der Waals surface area contributed by atoms with Gasteiger partial charge in [-0.15, -0.1) is 0 Å². The van der Waals surface area contributed by atoms with Gasteiger partial charge in [-0.05, 0) is 172 Å². The summed E-state index contributed by atoms with van der Waals surface area (Å²) in [6.07, 6.45) is 11.4. The maximum atomic E-state index is 2.48. The zero-order valence-electron chi connectivity index (χ0n) is 53.7. The molecule has 0 unspecified atom stereocenters. The van der Waals surface area contributed by atoms with Gasteiger partial charge in [-0.2, -0.15) is 0 Å². The predicted molar refractivity (Wildman–Crippen MR) is 398 cm³/mol. The van der Waals surface area contributed by atoms with Gasteiger partial charge >= 0.3 is 0 Å². The van der Waals surface area contributed by atoms with E-state index in [1.807, 2.05) is 0 Å². The van der Waals surface area contributed by atoms with Crippen LogP contribution in [-0.2, 0) is 16.2 Å². The van der Waals surface area contributed by atoms with E-state index in [0.29, 0.717) is 0 Å². The van der Waals surface area contributed by atoms with Gasteiger partial charge in [0.05, 0.1) is 22.7 Å². The number of fused-ring (bicyclic) bond motifs is 13. The molecule has 0 saturated carbocycles. The minimum atomic E-state index is -0.220. The summed E-state index contributed by atoms with van der Waals surface area (Å²) in [6, 6.07) is 105. The lowest BCUT2D eigenvalue weighted by molar-refractivity contribution is 0.490. The molecule has 93 heavy (non-hydrogen) atoms. The third-order valence-electron chi connectivity index (χ3n) is 21.5. The third-order valence-corrected chi connectivity index (χ3v) is 21.5. The first-order chi connectivity index (χ1) is 45.5. The summed E-state index contributed by atoms with van der Waals surface area (Å²) < 4.78 is 0. The number of anilines is 6. The summed E-state index contributed by atoms with van der Waals surface area (Å²) in [5.41, 5.74) is 27.6. The Morgan fingerprint density at radius 1 is 0.258 bits per heavy atom. The van der Waals surface area contributed by atoms with Crippen molar-refractivity contribution in [1.29, 1.82) is 0 Å². The molecule has 3 aliphatic rings. The minimum Gasteiger partial charge on any atom is -0.309 e. The van der Waals surface area contributed by atoms with Crippen molar-refractivity contribution in [1.82, 2.24) is 0 Å². The Morgan fingerprint density at radius 2 is 0.505 bits per heavy atom. The second kappa shape index (κ2) is 21.7. The average molecular weight is 1190 g/mol. The molecule has 2 heteroatoms. The molecule has 0 radical (unpaired) electrons. The molecule has 0 N–H and O–H groups in total. The van der Waals surface area contributed by atoms with E-state index >= 15 is 0 Å². The predicted octanol–water partition coefficient (Wildman–Crippen LogP) is 25.3.